The van der Waals surface area contributed by atoms with Gasteiger partial charge in [-0.15, -0.1) is 23.1 Å². The third-order valence-electron chi connectivity index (χ3n) is 5.84. The van der Waals surface area contributed by atoms with E-state index in [1.807, 2.05) is 0 Å². The van der Waals surface area contributed by atoms with E-state index in [2.05, 4.69) is 15.5 Å². The predicted octanol–water partition coefficient (Wildman–Crippen LogP) is 1.36. The highest BCUT2D eigenvalue weighted by atomic mass is 32.2. The maximum Gasteiger partial charge on any atom is 0.327 e. The van der Waals surface area contributed by atoms with Crippen molar-refractivity contribution in [1.29, 1.82) is 0 Å². The van der Waals surface area contributed by atoms with Crippen LogP contribution in [0.4, 0.5) is 9.52 Å². The Hall–Kier alpha value is -2.41. The van der Waals surface area contributed by atoms with Gasteiger partial charge in [-0.2, -0.15) is 0 Å². The molecular weight excluding hydrogens is 461 g/mol. The first kappa shape index (κ1) is 22.8. The van der Waals surface area contributed by atoms with Gasteiger partial charge in [0.05, 0.1) is 0 Å². The van der Waals surface area contributed by atoms with Gasteiger partial charge >= 0.3 is 5.97 Å². The van der Waals surface area contributed by atoms with Crippen LogP contribution in [-0.2, 0) is 19.2 Å². The van der Waals surface area contributed by atoms with Gasteiger partial charge in [0.15, 0.2) is 16.9 Å². The summed E-state index contributed by atoms with van der Waals surface area (Å²) in [4.78, 5) is 48.1. The van der Waals surface area contributed by atoms with E-state index in [-0.39, 0.29) is 16.5 Å². The topological polar surface area (TPSA) is 147 Å². The number of amides is 2. The van der Waals surface area contributed by atoms with Crippen molar-refractivity contribution >= 4 is 51.7 Å². The minimum absolute atomic E-state index is 0.155. The smallest absolute Gasteiger partial charge is 0.327 e. The quantitative estimate of drug-likeness (QED) is 0.311. The van der Waals surface area contributed by atoms with Gasteiger partial charge in [-0.1, -0.05) is 11.6 Å². The summed E-state index contributed by atoms with van der Waals surface area (Å²) >= 11 is 2.41. The van der Waals surface area contributed by atoms with E-state index < -0.39 is 52.3 Å². The molecule has 1 aliphatic carbocycles. The van der Waals surface area contributed by atoms with E-state index >= 15 is 0 Å². The molecule has 10 nitrogen and oxygen atoms in total. The van der Waals surface area contributed by atoms with E-state index in [0.29, 0.717) is 12.8 Å². The summed E-state index contributed by atoms with van der Waals surface area (Å²) in [6.07, 6.45) is 0.497. The van der Waals surface area contributed by atoms with Crippen molar-refractivity contribution in [3.05, 3.63) is 11.1 Å². The number of nitrogens with zero attached hydrogens (tertiary/aromatic N) is 3. The maximum absolute atomic E-state index is 14.1. The van der Waals surface area contributed by atoms with Crippen LogP contribution >= 0.6 is 23.1 Å². The number of thioether (sulfide) groups is 1. The van der Waals surface area contributed by atoms with Crippen molar-refractivity contribution in [3.63, 3.8) is 0 Å². The number of anilines is 1. The highest BCUT2D eigenvalue weighted by Crippen LogP contribution is 2.50. The molecule has 0 bridgehead atoms. The molecular formula is C19H24FN5O5S2. The standard InChI is InChI=1S/C19H24FN5O5S2/c1-19(2)13(17(28)29)25-15(27)12(16(25)32-19)23-14(26)11(9-7-31-18(21)22-9)24-30-10-6-4-3-5-8(10)20/h7-8,10,12-13,16H,3-6H2,1-2H3,(H2,21,22)(H,23,26)(H,28,29)/b24-11-/t8-,10-,12+,13+,16-/m1/s1. The number of fused-ring (bicyclic) bond motifs is 1. The fraction of sp³-hybridized carbons (Fsp3) is 0.632. The molecule has 2 aliphatic heterocycles. The molecule has 13 heteroatoms. The molecule has 32 heavy (non-hydrogen) atoms. The van der Waals surface area contributed by atoms with Crippen LogP contribution in [0.2, 0.25) is 0 Å². The molecule has 4 N–H and O–H groups in total. The molecule has 3 aliphatic rings. The third kappa shape index (κ3) is 4.03. The zero-order valence-electron chi connectivity index (χ0n) is 17.5. The number of aliphatic carboxylic acids is 1. The molecule has 2 amide bonds. The Morgan fingerprint density at radius 2 is 2.12 bits per heavy atom. The summed E-state index contributed by atoms with van der Waals surface area (Å²) in [5.41, 5.74) is 5.63. The number of hydrogen-bond donors (Lipinski definition) is 3. The summed E-state index contributed by atoms with van der Waals surface area (Å²) in [5, 5.41) is 17.3. The highest BCUT2D eigenvalue weighted by molar-refractivity contribution is 8.01. The van der Waals surface area contributed by atoms with E-state index in [9.17, 15) is 23.9 Å². The normalized spacial score (nSPS) is 31.6. The number of β-lactam (4-membered cyclic amide) rings is 1. The Labute approximate surface area is 191 Å². The Kier molecular flexibility index (Phi) is 6.05. The van der Waals surface area contributed by atoms with Crippen molar-refractivity contribution in [3.8, 4) is 0 Å². The number of halogens is 1. The molecule has 174 valence electrons. The molecule has 3 fully saturated rings. The Bertz CT molecular complexity index is 970. The van der Waals surface area contributed by atoms with Gasteiger partial charge in [-0.3, -0.25) is 9.59 Å². The Morgan fingerprint density at radius 1 is 1.41 bits per heavy atom. The number of carbonyl (C=O) groups is 3. The first-order chi connectivity index (χ1) is 15.1. The largest absolute Gasteiger partial charge is 0.480 e. The first-order valence-electron chi connectivity index (χ1n) is 10.2. The van der Waals surface area contributed by atoms with Crippen LogP contribution < -0.4 is 11.1 Å². The second kappa shape index (κ2) is 8.50. The number of alkyl halides is 1. The second-order valence-corrected chi connectivity index (χ2v) is 11.2. The number of hydrogen-bond acceptors (Lipinski definition) is 9. The molecule has 1 saturated carbocycles. The summed E-state index contributed by atoms with van der Waals surface area (Å²) in [5.74, 6) is -2.30. The zero-order chi connectivity index (χ0) is 23.2. The zero-order valence-corrected chi connectivity index (χ0v) is 19.1. The van der Waals surface area contributed by atoms with Crippen LogP contribution in [0, 0.1) is 0 Å². The number of rotatable bonds is 6. The summed E-state index contributed by atoms with van der Waals surface area (Å²) < 4.78 is 13.4. The molecule has 1 aromatic heterocycles. The van der Waals surface area contributed by atoms with Gasteiger partial charge in [-0.05, 0) is 33.1 Å². The minimum Gasteiger partial charge on any atom is -0.480 e. The number of nitrogens with two attached hydrogens (primary N) is 1. The molecule has 0 unspecified atom stereocenters. The van der Waals surface area contributed by atoms with Gasteiger partial charge in [0.1, 0.15) is 29.3 Å². The number of nitrogens with one attached hydrogen (secondary N) is 1. The molecule has 5 atom stereocenters. The molecule has 1 aromatic rings. The number of carbonyl (C=O) groups excluding carboxylic acids is 2. The van der Waals surface area contributed by atoms with Gasteiger partial charge in [0.2, 0.25) is 5.91 Å². The first-order valence-corrected chi connectivity index (χ1v) is 12.0. The van der Waals surface area contributed by atoms with Crippen LogP contribution in [0.3, 0.4) is 0 Å². The van der Waals surface area contributed by atoms with Gasteiger partial charge in [0, 0.05) is 10.1 Å². The lowest BCUT2D eigenvalue weighted by molar-refractivity contribution is -0.160. The lowest BCUT2D eigenvalue weighted by Gasteiger charge is -2.43. The molecule has 2 saturated heterocycles. The highest BCUT2D eigenvalue weighted by Gasteiger charge is 2.64. The molecule has 4 rings (SSSR count). The van der Waals surface area contributed by atoms with Crippen molar-refractivity contribution < 1.29 is 28.7 Å². The maximum atomic E-state index is 14.1. The van der Waals surface area contributed by atoms with Crippen LogP contribution in [0.1, 0.15) is 45.2 Å². The number of oxime groups is 1. The molecule has 0 spiro atoms. The van der Waals surface area contributed by atoms with Crippen LogP contribution in [0.5, 0.6) is 0 Å². The molecule has 0 aromatic carbocycles. The van der Waals surface area contributed by atoms with Gasteiger partial charge in [0.25, 0.3) is 5.91 Å². The number of nitrogen functional groups attached to an aromatic ring is 1. The van der Waals surface area contributed by atoms with E-state index in [0.717, 1.165) is 24.2 Å². The van der Waals surface area contributed by atoms with Gasteiger partial charge in [-0.25, -0.2) is 14.2 Å². The van der Waals surface area contributed by atoms with Crippen molar-refractivity contribution in [2.75, 3.05) is 5.73 Å². The predicted molar refractivity (Wildman–Crippen MR) is 117 cm³/mol. The second-order valence-electron chi connectivity index (χ2n) is 8.50. The lowest BCUT2D eigenvalue weighted by atomic mass is 9.96. The summed E-state index contributed by atoms with van der Waals surface area (Å²) in [6, 6.07) is -1.90. The van der Waals surface area contributed by atoms with Crippen LogP contribution in [0.15, 0.2) is 10.5 Å². The van der Waals surface area contributed by atoms with E-state index in [1.54, 1.807) is 13.8 Å². The van der Waals surface area contributed by atoms with Crippen molar-refractivity contribution in [1.82, 2.24) is 15.2 Å². The van der Waals surface area contributed by atoms with Crippen LogP contribution in [-0.4, -0.2) is 73.0 Å². The SMILES string of the molecule is CC1(C)S[C@@H]2[C@@H](NC(=O)/C(=N\O[C@@H]3CCCC[C@H]3F)c3csc(N)n3)C(=O)N2[C@H]1C(=O)O. The molecule has 0 radical (unpaired) electrons. The van der Waals surface area contributed by atoms with E-state index in [1.165, 1.54) is 22.0 Å². The van der Waals surface area contributed by atoms with E-state index in [4.69, 9.17) is 10.6 Å². The van der Waals surface area contributed by atoms with Crippen molar-refractivity contribution in [2.45, 2.75) is 74.0 Å². The van der Waals surface area contributed by atoms with Crippen LogP contribution in [0.25, 0.3) is 0 Å². The van der Waals surface area contributed by atoms with Gasteiger partial charge < -0.3 is 25.9 Å². The summed E-state index contributed by atoms with van der Waals surface area (Å²) in [7, 11) is 0. The fourth-order valence-electron chi connectivity index (χ4n) is 4.25. The number of carboxylic acid groups (broad SMARTS) is 1. The average Bonchev–Trinajstić information content (AvgIpc) is 3.26. The Morgan fingerprint density at radius 3 is 2.75 bits per heavy atom. The Balaban J connectivity index is 1.52. The van der Waals surface area contributed by atoms with Crippen molar-refractivity contribution in [2.24, 2.45) is 5.16 Å². The number of aromatic nitrogens is 1. The molecule has 3 heterocycles. The third-order valence-corrected chi connectivity index (χ3v) is 8.09. The summed E-state index contributed by atoms with van der Waals surface area (Å²) in [6.45, 7) is 3.49. The average molecular weight is 486 g/mol. The number of carboxylic acids is 1. The number of thiazole rings is 1. The fourth-order valence-corrected chi connectivity index (χ4v) is 6.42. The lowest BCUT2D eigenvalue weighted by Crippen LogP contribution is -2.71. The minimum atomic E-state index is -1.18. The monoisotopic (exact) mass is 485 g/mol.